The van der Waals surface area contributed by atoms with Crippen LogP contribution in [-0.4, -0.2) is 24.3 Å². The van der Waals surface area contributed by atoms with Crippen molar-refractivity contribution in [1.29, 1.82) is 0 Å². The van der Waals surface area contributed by atoms with Crippen molar-refractivity contribution >= 4 is 6.09 Å². The third-order valence-corrected chi connectivity index (χ3v) is 1.75. The number of ether oxygens (including phenoxy) is 1. The highest BCUT2D eigenvalue weighted by Crippen LogP contribution is 2.04. The van der Waals surface area contributed by atoms with E-state index in [-0.39, 0.29) is 12.6 Å². The van der Waals surface area contributed by atoms with Gasteiger partial charge in [0.05, 0.1) is 0 Å². The minimum atomic E-state index is -0.422. The van der Waals surface area contributed by atoms with Gasteiger partial charge in [0, 0.05) is 11.6 Å². The van der Waals surface area contributed by atoms with E-state index in [2.05, 4.69) is 5.32 Å². The molecule has 0 saturated heterocycles. The molecule has 0 rings (SSSR count). The summed E-state index contributed by atoms with van der Waals surface area (Å²) < 4.78 is 4.93. The van der Waals surface area contributed by atoms with Gasteiger partial charge in [-0.05, 0) is 27.2 Å². The van der Waals surface area contributed by atoms with Crippen LogP contribution in [0.15, 0.2) is 0 Å². The fraction of sp³-hybridized carbons (Fsp3) is 0.889. The lowest BCUT2D eigenvalue weighted by Gasteiger charge is -2.22. The zero-order valence-corrected chi connectivity index (χ0v) is 8.89. The number of nitrogens with one attached hydrogen (secondary N) is 1. The van der Waals surface area contributed by atoms with Crippen LogP contribution in [-0.2, 0) is 4.74 Å². The van der Waals surface area contributed by atoms with E-state index >= 15 is 0 Å². The average Bonchev–Trinajstić information content (AvgIpc) is 2.00. The molecule has 0 bridgehead atoms. The molecule has 0 saturated carbocycles. The zero-order valence-electron chi connectivity index (χ0n) is 8.89. The summed E-state index contributed by atoms with van der Waals surface area (Å²) in [5, 5.41) is 2.62. The van der Waals surface area contributed by atoms with E-state index in [9.17, 15) is 4.79 Å². The van der Waals surface area contributed by atoms with E-state index in [1.165, 1.54) is 0 Å². The lowest BCUT2D eigenvalue weighted by atomic mass is 10.0. The minimum Gasteiger partial charge on any atom is -0.448 e. The first-order valence-corrected chi connectivity index (χ1v) is 4.59. The smallest absolute Gasteiger partial charge is 0.407 e. The molecule has 0 fully saturated rings. The summed E-state index contributed by atoms with van der Waals surface area (Å²) >= 11 is 0. The molecule has 0 aliphatic carbocycles. The second-order valence-corrected chi connectivity index (χ2v) is 3.88. The van der Waals surface area contributed by atoms with Crippen LogP contribution in [0.2, 0.25) is 0 Å². The monoisotopic (exact) mass is 188 g/mol. The van der Waals surface area contributed by atoms with Crippen molar-refractivity contribution in [2.45, 2.75) is 45.7 Å². The first-order chi connectivity index (χ1) is 5.87. The van der Waals surface area contributed by atoms with Gasteiger partial charge in [0.2, 0.25) is 0 Å². The van der Waals surface area contributed by atoms with Crippen LogP contribution in [0.25, 0.3) is 0 Å². The van der Waals surface area contributed by atoms with Gasteiger partial charge in [-0.3, -0.25) is 0 Å². The molecule has 13 heavy (non-hydrogen) atoms. The molecule has 0 aromatic carbocycles. The fourth-order valence-electron chi connectivity index (χ4n) is 0.610. The Kier molecular flexibility index (Phi) is 4.77. The van der Waals surface area contributed by atoms with Crippen LogP contribution in [0.5, 0.6) is 0 Å². The van der Waals surface area contributed by atoms with Crippen LogP contribution in [0.1, 0.15) is 34.1 Å². The molecule has 0 aromatic rings. The lowest BCUT2D eigenvalue weighted by Crippen LogP contribution is -2.43. The Morgan fingerprint density at radius 1 is 1.62 bits per heavy atom. The van der Waals surface area contributed by atoms with Crippen molar-refractivity contribution in [1.82, 2.24) is 5.32 Å². The first-order valence-electron chi connectivity index (χ1n) is 4.59. The third kappa shape index (κ3) is 6.40. The molecule has 4 heteroatoms. The molecule has 1 atom stereocenters. The topological polar surface area (TPSA) is 64.3 Å². The Bertz CT molecular complexity index is 167. The van der Waals surface area contributed by atoms with E-state index in [4.69, 9.17) is 10.5 Å². The van der Waals surface area contributed by atoms with Crippen molar-refractivity contribution in [3.8, 4) is 0 Å². The summed E-state index contributed by atoms with van der Waals surface area (Å²) in [7, 11) is 0. The van der Waals surface area contributed by atoms with Crippen molar-refractivity contribution in [2.75, 3.05) is 6.61 Å². The first kappa shape index (κ1) is 12.2. The van der Waals surface area contributed by atoms with Gasteiger partial charge in [-0.15, -0.1) is 0 Å². The van der Waals surface area contributed by atoms with E-state index < -0.39 is 11.6 Å². The van der Waals surface area contributed by atoms with Crippen molar-refractivity contribution in [3.63, 3.8) is 0 Å². The minimum absolute atomic E-state index is 0.0955. The molecular formula is C9H20N2O2. The van der Waals surface area contributed by atoms with E-state index in [0.29, 0.717) is 0 Å². The predicted molar refractivity (Wildman–Crippen MR) is 52.5 cm³/mol. The standard InChI is InChI=1S/C9H20N2O2/c1-5-9(4,10)6-13-8(12)11-7(2)3/h7H,5-6,10H2,1-4H3,(H,11,12). The largest absolute Gasteiger partial charge is 0.448 e. The highest BCUT2D eigenvalue weighted by atomic mass is 16.5. The maximum absolute atomic E-state index is 11.0. The van der Waals surface area contributed by atoms with Gasteiger partial charge in [-0.1, -0.05) is 6.92 Å². The molecule has 1 unspecified atom stereocenters. The van der Waals surface area contributed by atoms with E-state index in [1.54, 1.807) is 0 Å². The number of hydrogen-bond donors (Lipinski definition) is 2. The van der Waals surface area contributed by atoms with Crippen molar-refractivity contribution < 1.29 is 9.53 Å². The quantitative estimate of drug-likeness (QED) is 0.697. The number of carbonyl (C=O) groups is 1. The normalized spacial score (nSPS) is 15.2. The van der Waals surface area contributed by atoms with Crippen molar-refractivity contribution in [3.05, 3.63) is 0 Å². The van der Waals surface area contributed by atoms with Crippen molar-refractivity contribution in [2.24, 2.45) is 5.73 Å². The summed E-state index contributed by atoms with van der Waals surface area (Å²) in [6.45, 7) is 7.83. The third-order valence-electron chi connectivity index (χ3n) is 1.75. The molecule has 0 aliphatic rings. The number of alkyl carbamates (subject to hydrolysis) is 1. The number of nitrogens with two attached hydrogens (primary N) is 1. The van der Waals surface area contributed by atoms with E-state index in [0.717, 1.165) is 6.42 Å². The second-order valence-electron chi connectivity index (χ2n) is 3.88. The van der Waals surface area contributed by atoms with Gasteiger partial charge in [0.25, 0.3) is 0 Å². The van der Waals surface area contributed by atoms with Gasteiger partial charge in [-0.25, -0.2) is 4.79 Å². The molecule has 3 N–H and O–H groups in total. The molecule has 0 radical (unpaired) electrons. The zero-order chi connectivity index (χ0) is 10.5. The Labute approximate surface area is 79.8 Å². The highest BCUT2D eigenvalue weighted by molar-refractivity contribution is 5.67. The number of carbonyl (C=O) groups excluding carboxylic acids is 1. The number of rotatable bonds is 4. The van der Waals surface area contributed by atoms with Gasteiger partial charge in [0.1, 0.15) is 6.61 Å². The van der Waals surface area contributed by atoms with Gasteiger partial charge in [0.15, 0.2) is 0 Å². The Balaban J connectivity index is 3.70. The van der Waals surface area contributed by atoms with Gasteiger partial charge < -0.3 is 15.8 Å². The molecule has 78 valence electrons. The van der Waals surface area contributed by atoms with E-state index in [1.807, 2.05) is 27.7 Å². The number of hydrogen-bond acceptors (Lipinski definition) is 3. The average molecular weight is 188 g/mol. The Morgan fingerprint density at radius 3 is 2.54 bits per heavy atom. The molecule has 0 aromatic heterocycles. The van der Waals surface area contributed by atoms with Crippen LogP contribution in [0, 0.1) is 0 Å². The summed E-state index contributed by atoms with van der Waals surface area (Å²) in [4.78, 5) is 11.0. The summed E-state index contributed by atoms with van der Waals surface area (Å²) in [6, 6.07) is 0.0955. The van der Waals surface area contributed by atoms with Crippen LogP contribution >= 0.6 is 0 Å². The van der Waals surface area contributed by atoms with Crippen LogP contribution in [0.4, 0.5) is 4.79 Å². The lowest BCUT2D eigenvalue weighted by molar-refractivity contribution is 0.117. The van der Waals surface area contributed by atoms with Gasteiger partial charge >= 0.3 is 6.09 Å². The Morgan fingerprint density at radius 2 is 2.15 bits per heavy atom. The molecule has 0 spiro atoms. The fourth-order valence-corrected chi connectivity index (χ4v) is 0.610. The van der Waals surface area contributed by atoms with Gasteiger partial charge in [-0.2, -0.15) is 0 Å². The molecule has 4 nitrogen and oxygen atoms in total. The highest BCUT2D eigenvalue weighted by Gasteiger charge is 2.18. The SMILES string of the molecule is CCC(C)(N)COC(=O)NC(C)C. The predicted octanol–water partition coefficient (Wildman–Crippen LogP) is 1.25. The molecule has 1 amide bonds. The maximum Gasteiger partial charge on any atom is 0.407 e. The summed E-state index contributed by atoms with van der Waals surface area (Å²) in [5.41, 5.74) is 5.37. The maximum atomic E-state index is 11.0. The summed E-state index contributed by atoms with van der Waals surface area (Å²) in [6.07, 6.45) is 0.377. The second kappa shape index (κ2) is 5.07. The summed E-state index contributed by atoms with van der Waals surface area (Å²) in [5.74, 6) is 0. The Hall–Kier alpha value is -0.770. The molecule has 0 aliphatic heterocycles. The molecular weight excluding hydrogens is 168 g/mol. The van der Waals surface area contributed by atoms with Crippen LogP contribution < -0.4 is 11.1 Å². The molecule has 0 heterocycles. The number of amides is 1. The van der Waals surface area contributed by atoms with Crippen LogP contribution in [0.3, 0.4) is 0 Å².